The van der Waals surface area contributed by atoms with Gasteiger partial charge in [0, 0.05) is 0 Å². The number of carbonyl (C=O) groups excluding carboxylic acids is 1. The number of methoxy groups -OCH3 is 4. The maximum Gasteiger partial charge on any atom is 0.338 e. The van der Waals surface area contributed by atoms with Crippen molar-refractivity contribution in [2.75, 3.05) is 28.4 Å². The molecule has 2 aromatic carbocycles. The van der Waals surface area contributed by atoms with Gasteiger partial charge in [-0.1, -0.05) is 18.2 Å². The van der Waals surface area contributed by atoms with E-state index in [1.54, 1.807) is 27.4 Å². The van der Waals surface area contributed by atoms with Crippen LogP contribution in [0.3, 0.4) is 0 Å². The first-order valence-corrected chi connectivity index (χ1v) is 7.09. The molecule has 0 amide bonds. The quantitative estimate of drug-likeness (QED) is 0.767. The van der Waals surface area contributed by atoms with Gasteiger partial charge in [0.25, 0.3) is 0 Å². The lowest BCUT2D eigenvalue weighted by Gasteiger charge is -2.15. The van der Waals surface area contributed by atoms with Gasteiger partial charge in [0.2, 0.25) is 5.75 Å². The third-order valence-corrected chi connectivity index (χ3v) is 3.54. The molecule has 0 bridgehead atoms. The summed E-state index contributed by atoms with van der Waals surface area (Å²) in [6, 6.07) is 11.1. The van der Waals surface area contributed by atoms with E-state index < -0.39 is 0 Å². The molecule has 0 spiro atoms. The van der Waals surface area contributed by atoms with Crippen LogP contribution in [0.2, 0.25) is 0 Å². The topological polar surface area (TPSA) is 54.0 Å². The highest BCUT2D eigenvalue weighted by Gasteiger charge is 2.16. The van der Waals surface area contributed by atoms with Crippen molar-refractivity contribution in [3.63, 3.8) is 0 Å². The zero-order valence-electron chi connectivity index (χ0n) is 13.7. The molecule has 5 nitrogen and oxygen atoms in total. The Morgan fingerprint density at radius 3 is 2.04 bits per heavy atom. The fourth-order valence-corrected chi connectivity index (χ4v) is 2.44. The number of ether oxygens (including phenoxy) is 4. The van der Waals surface area contributed by atoms with Crippen molar-refractivity contribution in [2.45, 2.75) is 6.42 Å². The van der Waals surface area contributed by atoms with Crippen LogP contribution in [0.25, 0.3) is 0 Å². The third kappa shape index (κ3) is 3.56. The average molecular weight is 316 g/mol. The van der Waals surface area contributed by atoms with E-state index in [0.29, 0.717) is 29.2 Å². The monoisotopic (exact) mass is 316 g/mol. The maximum absolute atomic E-state index is 11.9. The zero-order valence-corrected chi connectivity index (χ0v) is 13.7. The molecule has 5 heteroatoms. The van der Waals surface area contributed by atoms with Crippen molar-refractivity contribution in [3.05, 3.63) is 53.1 Å². The molecule has 23 heavy (non-hydrogen) atoms. The summed E-state index contributed by atoms with van der Waals surface area (Å²) in [6.45, 7) is 0. The molecule has 0 N–H and O–H groups in total. The van der Waals surface area contributed by atoms with Crippen LogP contribution in [-0.4, -0.2) is 34.4 Å². The van der Waals surface area contributed by atoms with E-state index >= 15 is 0 Å². The molecule has 0 unspecified atom stereocenters. The first kappa shape index (κ1) is 16.7. The SMILES string of the molecule is COC(=O)c1ccccc1Cc1cc(OC)c(OC)c(OC)c1. The molecule has 0 saturated heterocycles. The Balaban J connectivity index is 2.43. The largest absolute Gasteiger partial charge is 0.493 e. The van der Waals surface area contributed by atoms with Crippen molar-refractivity contribution >= 4 is 5.97 Å². The van der Waals surface area contributed by atoms with Crippen LogP contribution >= 0.6 is 0 Å². The summed E-state index contributed by atoms with van der Waals surface area (Å²) < 4.78 is 20.9. The van der Waals surface area contributed by atoms with Crippen molar-refractivity contribution in [3.8, 4) is 17.2 Å². The Morgan fingerprint density at radius 1 is 0.913 bits per heavy atom. The fourth-order valence-electron chi connectivity index (χ4n) is 2.44. The van der Waals surface area contributed by atoms with E-state index in [1.165, 1.54) is 7.11 Å². The number of rotatable bonds is 6. The van der Waals surface area contributed by atoms with Crippen LogP contribution < -0.4 is 14.2 Å². The van der Waals surface area contributed by atoms with Crippen LogP contribution in [0.1, 0.15) is 21.5 Å². The standard InChI is InChI=1S/C18H20O5/c1-20-15-10-12(11-16(21-2)17(15)22-3)9-13-7-5-6-8-14(13)18(19)23-4/h5-8,10-11H,9H2,1-4H3. The predicted molar refractivity (Wildman–Crippen MR) is 86.7 cm³/mol. The molecular weight excluding hydrogens is 296 g/mol. The number of hydrogen-bond acceptors (Lipinski definition) is 5. The van der Waals surface area contributed by atoms with Crippen LogP contribution in [0.5, 0.6) is 17.2 Å². The molecule has 0 atom stereocenters. The average Bonchev–Trinajstić information content (AvgIpc) is 2.60. The molecule has 0 heterocycles. The second-order valence-corrected chi connectivity index (χ2v) is 4.86. The van der Waals surface area contributed by atoms with Crippen molar-refractivity contribution in [1.29, 1.82) is 0 Å². The van der Waals surface area contributed by atoms with Gasteiger partial charge in [-0.25, -0.2) is 4.79 Å². The van der Waals surface area contributed by atoms with Crippen LogP contribution in [0, 0.1) is 0 Å². The summed E-state index contributed by atoms with van der Waals surface area (Å²) in [7, 11) is 6.08. The predicted octanol–water partition coefficient (Wildman–Crippen LogP) is 3.09. The lowest BCUT2D eigenvalue weighted by atomic mass is 9.99. The Labute approximate surface area is 135 Å². The summed E-state index contributed by atoms with van der Waals surface area (Å²) in [5.74, 6) is 1.35. The molecule has 0 aliphatic heterocycles. The van der Waals surface area contributed by atoms with Crippen LogP contribution in [0.4, 0.5) is 0 Å². The van der Waals surface area contributed by atoms with Crippen molar-refractivity contribution in [1.82, 2.24) is 0 Å². The van der Waals surface area contributed by atoms with E-state index in [1.807, 2.05) is 30.3 Å². The first-order chi connectivity index (χ1) is 11.1. The maximum atomic E-state index is 11.9. The Kier molecular flexibility index (Phi) is 5.46. The number of benzene rings is 2. The molecule has 122 valence electrons. The van der Waals surface area contributed by atoms with Gasteiger partial charge in [0.15, 0.2) is 11.5 Å². The summed E-state index contributed by atoms with van der Waals surface area (Å²) in [5, 5.41) is 0. The van der Waals surface area contributed by atoms with E-state index in [9.17, 15) is 4.79 Å². The molecule has 0 aromatic heterocycles. The Hall–Kier alpha value is -2.69. The summed E-state index contributed by atoms with van der Waals surface area (Å²) in [6.07, 6.45) is 0.544. The van der Waals surface area contributed by atoms with E-state index in [2.05, 4.69) is 0 Å². The highest BCUT2D eigenvalue weighted by Crippen LogP contribution is 2.38. The number of carbonyl (C=O) groups is 1. The highest BCUT2D eigenvalue weighted by atomic mass is 16.5. The minimum Gasteiger partial charge on any atom is -0.493 e. The Morgan fingerprint density at radius 2 is 1.52 bits per heavy atom. The Bertz CT molecular complexity index is 669. The number of esters is 1. The second-order valence-electron chi connectivity index (χ2n) is 4.86. The van der Waals surface area contributed by atoms with E-state index in [-0.39, 0.29) is 5.97 Å². The van der Waals surface area contributed by atoms with Gasteiger partial charge in [-0.15, -0.1) is 0 Å². The normalized spacial score (nSPS) is 10.1. The van der Waals surface area contributed by atoms with Gasteiger partial charge >= 0.3 is 5.97 Å². The third-order valence-electron chi connectivity index (χ3n) is 3.54. The summed E-state index contributed by atoms with van der Waals surface area (Å²) >= 11 is 0. The molecule has 2 rings (SSSR count). The van der Waals surface area contributed by atoms with Gasteiger partial charge in [0.05, 0.1) is 34.0 Å². The fraction of sp³-hybridized carbons (Fsp3) is 0.278. The van der Waals surface area contributed by atoms with E-state index in [0.717, 1.165) is 11.1 Å². The zero-order chi connectivity index (χ0) is 16.8. The summed E-state index contributed by atoms with van der Waals surface area (Å²) in [5.41, 5.74) is 2.35. The molecule has 2 aromatic rings. The highest BCUT2D eigenvalue weighted by molar-refractivity contribution is 5.91. The van der Waals surface area contributed by atoms with E-state index in [4.69, 9.17) is 18.9 Å². The van der Waals surface area contributed by atoms with Gasteiger partial charge in [0.1, 0.15) is 0 Å². The minimum atomic E-state index is -0.354. The number of hydrogen-bond donors (Lipinski definition) is 0. The molecular formula is C18H20O5. The lowest BCUT2D eigenvalue weighted by molar-refractivity contribution is 0.0599. The summed E-state index contributed by atoms with van der Waals surface area (Å²) in [4.78, 5) is 11.9. The molecule has 0 radical (unpaired) electrons. The van der Waals surface area contributed by atoms with Crippen LogP contribution in [0.15, 0.2) is 36.4 Å². The minimum absolute atomic E-state index is 0.354. The smallest absolute Gasteiger partial charge is 0.338 e. The van der Waals surface area contributed by atoms with Crippen molar-refractivity contribution < 1.29 is 23.7 Å². The van der Waals surface area contributed by atoms with Gasteiger partial charge in [-0.2, -0.15) is 0 Å². The van der Waals surface area contributed by atoms with Gasteiger partial charge in [-0.3, -0.25) is 0 Å². The lowest BCUT2D eigenvalue weighted by Crippen LogP contribution is -2.06. The molecule has 0 aliphatic rings. The first-order valence-electron chi connectivity index (χ1n) is 7.09. The molecule has 0 aliphatic carbocycles. The molecule has 0 saturated carbocycles. The van der Waals surface area contributed by atoms with Crippen molar-refractivity contribution in [2.24, 2.45) is 0 Å². The molecule has 0 fully saturated rings. The van der Waals surface area contributed by atoms with Gasteiger partial charge in [-0.05, 0) is 35.7 Å². The second kappa shape index (κ2) is 7.54. The van der Waals surface area contributed by atoms with Gasteiger partial charge < -0.3 is 18.9 Å². The van der Waals surface area contributed by atoms with Crippen LogP contribution in [-0.2, 0) is 11.2 Å².